The molecule has 2 aromatic heterocycles. The van der Waals surface area contributed by atoms with Crippen molar-refractivity contribution in [2.24, 2.45) is 0 Å². The second kappa shape index (κ2) is 10.8. The maximum Gasteiger partial charge on any atom is 0.315 e. The number of rotatable bonds is 10. The minimum absolute atomic E-state index is 0.00575. The van der Waals surface area contributed by atoms with E-state index >= 15 is 0 Å². The van der Waals surface area contributed by atoms with E-state index in [1.807, 2.05) is 18.2 Å². The highest BCUT2D eigenvalue weighted by atomic mass is 35.5. The number of unbranched alkanes of at least 4 members (excludes halogenated alkanes) is 2. The largest absolute Gasteiger partial charge is 0.507 e. The Bertz CT molecular complexity index is 1600. The fourth-order valence-corrected chi connectivity index (χ4v) is 4.73. The van der Waals surface area contributed by atoms with E-state index in [1.54, 1.807) is 6.07 Å². The Hall–Kier alpha value is -4.04. The standard InChI is InChI=1S/C29H28ClN3O5/c1-3-5-11-32(12-6-4-2)21-9-7-18(8-10-21)26-14-19-13-22(25(34)17-27(19)37-26)29-31-23-15-20(30)16-24(33(35)36)28(23)38-29/h7-10,13-17,34H,3-6,11-12H2,1-2H3. The molecule has 0 atom stereocenters. The Morgan fingerprint density at radius 1 is 1.00 bits per heavy atom. The van der Waals surface area contributed by atoms with Gasteiger partial charge in [0.15, 0.2) is 0 Å². The number of hydrogen-bond donors (Lipinski definition) is 1. The summed E-state index contributed by atoms with van der Waals surface area (Å²) in [5, 5.41) is 23.1. The van der Waals surface area contributed by atoms with Gasteiger partial charge in [0.05, 0.1) is 10.5 Å². The van der Waals surface area contributed by atoms with Gasteiger partial charge in [-0.1, -0.05) is 38.3 Å². The van der Waals surface area contributed by atoms with E-state index in [9.17, 15) is 15.2 Å². The number of aromatic hydroxyl groups is 1. The summed E-state index contributed by atoms with van der Waals surface area (Å²) in [7, 11) is 0. The number of nitro benzene ring substituents is 1. The number of anilines is 1. The molecule has 0 aliphatic heterocycles. The number of halogens is 1. The van der Waals surface area contributed by atoms with Gasteiger partial charge in [0.1, 0.15) is 22.6 Å². The third kappa shape index (κ3) is 5.04. The van der Waals surface area contributed by atoms with Crippen molar-refractivity contribution in [3.63, 3.8) is 0 Å². The molecule has 0 fully saturated rings. The molecule has 2 heterocycles. The van der Waals surface area contributed by atoms with Crippen LogP contribution < -0.4 is 4.90 Å². The fraction of sp³-hybridized carbons (Fsp3) is 0.276. The number of oxazole rings is 1. The van der Waals surface area contributed by atoms with Gasteiger partial charge in [0.2, 0.25) is 11.5 Å². The van der Waals surface area contributed by atoms with Crippen molar-refractivity contribution in [3.05, 3.63) is 69.7 Å². The van der Waals surface area contributed by atoms with Crippen LogP contribution in [0.3, 0.4) is 0 Å². The molecule has 3 aromatic carbocycles. The van der Waals surface area contributed by atoms with Gasteiger partial charge in [0.25, 0.3) is 0 Å². The van der Waals surface area contributed by atoms with Gasteiger partial charge in [-0.2, -0.15) is 0 Å². The van der Waals surface area contributed by atoms with Crippen LogP contribution in [-0.4, -0.2) is 28.1 Å². The number of phenols is 1. The Labute approximate surface area is 224 Å². The molecular weight excluding hydrogens is 506 g/mol. The molecule has 0 bridgehead atoms. The van der Waals surface area contributed by atoms with Crippen LogP contribution in [0.15, 0.2) is 63.4 Å². The van der Waals surface area contributed by atoms with Crippen molar-refractivity contribution in [2.45, 2.75) is 39.5 Å². The van der Waals surface area contributed by atoms with Gasteiger partial charge in [-0.3, -0.25) is 10.1 Å². The van der Waals surface area contributed by atoms with Crippen LogP contribution in [0.5, 0.6) is 5.75 Å². The van der Waals surface area contributed by atoms with Crippen LogP contribution in [0.1, 0.15) is 39.5 Å². The number of phenolic OH excluding ortho intramolecular Hbond substituents is 1. The number of fused-ring (bicyclic) bond motifs is 2. The average Bonchev–Trinajstić information content (AvgIpc) is 3.51. The molecule has 0 aliphatic rings. The third-order valence-electron chi connectivity index (χ3n) is 6.58. The molecule has 0 amide bonds. The number of nitro groups is 1. The zero-order valence-electron chi connectivity index (χ0n) is 21.2. The predicted octanol–water partition coefficient (Wildman–Crippen LogP) is 8.58. The summed E-state index contributed by atoms with van der Waals surface area (Å²) in [5.41, 5.74) is 2.85. The quantitative estimate of drug-likeness (QED) is 0.141. The van der Waals surface area contributed by atoms with E-state index in [0.717, 1.165) is 49.7 Å². The van der Waals surface area contributed by atoms with Crippen molar-refractivity contribution in [1.82, 2.24) is 4.98 Å². The van der Waals surface area contributed by atoms with E-state index < -0.39 is 4.92 Å². The van der Waals surface area contributed by atoms with Crippen molar-refractivity contribution in [1.29, 1.82) is 0 Å². The summed E-state index contributed by atoms with van der Waals surface area (Å²) in [6.45, 7) is 6.48. The Morgan fingerprint density at radius 2 is 1.71 bits per heavy atom. The highest BCUT2D eigenvalue weighted by molar-refractivity contribution is 6.31. The number of nitrogens with zero attached hydrogens (tertiary/aromatic N) is 3. The first-order valence-electron chi connectivity index (χ1n) is 12.7. The zero-order chi connectivity index (χ0) is 26.8. The minimum Gasteiger partial charge on any atom is -0.507 e. The van der Waals surface area contributed by atoms with Crippen LogP contribution >= 0.6 is 11.6 Å². The van der Waals surface area contributed by atoms with Crippen LogP contribution in [-0.2, 0) is 0 Å². The molecule has 0 aliphatic carbocycles. The lowest BCUT2D eigenvalue weighted by Crippen LogP contribution is -2.25. The summed E-state index contributed by atoms with van der Waals surface area (Å²) in [4.78, 5) is 17.6. The molecule has 1 N–H and O–H groups in total. The maximum atomic E-state index is 11.4. The van der Waals surface area contributed by atoms with Crippen molar-refractivity contribution < 1.29 is 18.9 Å². The van der Waals surface area contributed by atoms with Gasteiger partial charge in [0, 0.05) is 46.9 Å². The molecule has 5 rings (SSSR count). The van der Waals surface area contributed by atoms with Gasteiger partial charge in [-0.25, -0.2) is 4.98 Å². The van der Waals surface area contributed by atoms with Crippen LogP contribution in [0.2, 0.25) is 5.02 Å². The van der Waals surface area contributed by atoms with E-state index in [1.165, 1.54) is 23.9 Å². The Kier molecular flexibility index (Phi) is 7.24. The summed E-state index contributed by atoms with van der Waals surface area (Å²) < 4.78 is 11.8. The summed E-state index contributed by atoms with van der Waals surface area (Å²) >= 11 is 6.01. The van der Waals surface area contributed by atoms with Gasteiger partial charge < -0.3 is 18.8 Å². The maximum absolute atomic E-state index is 11.4. The van der Waals surface area contributed by atoms with Crippen LogP contribution in [0.25, 0.3) is 44.8 Å². The zero-order valence-corrected chi connectivity index (χ0v) is 22.0. The van der Waals surface area contributed by atoms with Crippen molar-refractivity contribution in [2.75, 3.05) is 18.0 Å². The number of hydrogen-bond acceptors (Lipinski definition) is 7. The number of furan rings is 1. The third-order valence-corrected chi connectivity index (χ3v) is 6.80. The molecule has 0 saturated heterocycles. The van der Waals surface area contributed by atoms with Gasteiger partial charge in [-0.05, 0) is 55.3 Å². The van der Waals surface area contributed by atoms with Gasteiger partial charge >= 0.3 is 5.69 Å². The normalized spacial score (nSPS) is 11.4. The molecule has 0 saturated carbocycles. The molecular formula is C29H28ClN3O5. The smallest absolute Gasteiger partial charge is 0.315 e. The molecule has 5 aromatic rings. The minimum atomic E-state index is -0.577. The van der Waals surface area contributed by atoms with Crippen molar-refractivity contribution in [3.8, 4) is 28.5 Å². The van der Waals surface area contributed by atoms with Crippen molar-refractivity contribution >= 4 is 45.0 Å². The molecule has 0 spiro atoms. The number of benzene rings is 3. The second-order valence-corrected chi connectivity index (χ2v) is 9.74. The average molecular weight is 534 g/mol. The predicted molar refractivity (Wildman–Crippen MR) is 150 cm³/mol. The lowest BCUT2D eigenvalue weighted by Gasteiger charge is -2.24. The number of non-ortho nitro benzene ring substituents is 1. The van der Waals surface area contributed by atoms with E-state index in [0.29, 0.717) is 16.9 Å². The molecule has 38 heavy (non-hydrogen) atoms. The molecule has 0 radical (unpaired) electrons. The highest BCUT2D eigenvalue weighted by Crippen LogP contribution is 2.39. The van der Waals surface area contributed by atoms with E-state index in [-0.39, 0.29) is 33.4 Å². The number of aromatic nitrogens is 1. The van der Waals surface area contributed by atoms with Crippen LogP contribution in [0, 0.1) is 10.1 Å². The first-order valence-corrected chi connectivity index (χ1v) is 13.1. The van der Waals surface area contributed by atoms with Crippen LogP contribution in [0.4, 0.5) is 11.4 Å². The second-order valence-electron chi connectivity index (χ2n) is 9.31. The Balaban J connectivity index is 1.47. The SMILES string of the molecule is CCCCN(CCCC)c1ccc(-c2cc3cc(-c4nc5cc(Cl)cc([N+](=O)[O-])c5o4)c(O)cc3o2)cc1. The molecule has 196 valence electrons. The summed E-state index contributed by atoms with van der Waals surface area (Å²) in [6, 6.07) is 16.1. The van der Waals surface area contributed by atoms with Gasteiger partial charge in [-0.15, -0.1) is 0 Å². The summed E-state index contributed by atoms with van der Waals surface area (Å²) in [6.07, 6.45) is 4.62. The first kappa shape index (κ1) is 25.6. The molecule has 8 nitrogen and oxygen atoms in total. The summed E-state index contributed by atoms with van der Waals surface area (Å²) in [5.74, 6) is 0.601. The van der Waals surface area contributed by atoms with E-state index in [4.69, 9.17) is 20.4 Å². The fourth-order valence-electron chi connectivity index (χ4n) is 4.53. The van der Waals surface area contributed by atoms with E-state index in [2.05, 4.69) is 35.9 Å². The lowest BCUT2D eigenvalue weighted by molar-refractivity contribution is -0.383. The molecule has 0 unspecified atom stereocenters. The lowest BCUT2D eigenvalue weighted by atomic mass is 10.1. The Morgan fingerprint density at radius 3 is 2.37 bits per heavy atom. The molecule has 9 heteroatoms. The highest BCUT2D eigenvalue weighted by Gasteiger charge is 2.22. The monoisotopic (exact) mass is 533 g/mol. The first-order chi connectivity index (χ1) is 18.4. The topological polar surface area (TPSA) is 106 Å².